The highest BCUT2D eigenvalue weighted by Crippen LogP contribution is 2.32. The lowest BCUT2D eigenvalue weighted by Crippen LogP contribution is -1.93. The summed E-state index contributed by atoms with van der Waals surface area (Å²) in [6.45, 7) is 0. The summed E-state index contributed by atoms with van der Waals surface area (Å²) in [4.78, 5) is 9.76. The second-order valence-corrected chi connectivity index (χ2v) is 3.34. The topological polar surface area (TPSA) is 69.2 Å². The molecule has 1 aromatic carbocycles. The molecule has 0 spiro atoms. The molecule has 0 bridgehead atoms. The molecule has 0 atom stereocenters. The molecule has 0 aliphatic carbocycles. The van der Waals surface area contributed by atoms with Crippen molar-refractivity contribution >= 4 is 38.9 Å². The maximum Gasteiger partial charge on any atom is 0.290 e. The summed E-state index contributed by atoms with van der Waals surface area (Å²) >= 11 is 8.67. The number of halogens is 2. The molecule has 0 heterocycles. The number of nitro benzene ring substituents is 1. The minimum Gasteiger partial charge on any atom is -0.398 e. The van der Waals surface area contributed by atoms with Gasteiger partial charge in [-0.3, -0.25) is 10.1 Å². The SMILES string of the molecule is Nc1cc([N+](=O)[O-])c(Cl)cc1Br. The summed E-state index contributed by atoms with van der Waals surface area (Å²) in [5, 5.41) is 10.4. The number of nitrogen functional groups attached to an aromatic ring is 1. The Balaban J connectivity index is 3.33. The standard InChI is InChI=1S/C6H4BrClN2O2/c7-3-1-4(8)6(10(11)12)2-5(3)9/h1-2H,9H2. The van der Waals surface area contributed by atoms with E-state index in [2.05, 4.69) is 15.9 Å². The van der Waals surface area contributed by atoms with Gasteiger partial charge < -0.3 is 5.73 Å². The molecule has 64 valence electrons. The molecule has 1 aromatic rings. The Morgan fingerprint density at radius 3 is 2.67 bits per heavy atom. The van der Waals surface area contributed by atoms with E-state index in [0.717, 1.165) is 0 Å². The van der Waals surface area contributed by atoms with Crippen molar-refractivity contribution in [2.45, 2.75) is 0 Å². The van der Waals surface area contributed by atoms with Crippen LogP contribution in [0.15, 0.2) is 16.6 Å². The fraction of sp³-hybridized carbons (Fsp3) is 0. The number of benzene rings is 1. The fourth-order valence-electron chi connectivity index (χ4n) is 0.694. The molecule has 0 saturated heterocycles. The van der Waals surface area contributed by atoms with Gasteiger partial charge in [-0.2, -0.15) is 0 Å². The molecule has 0 amide bonds. The Morgan fingerprint density at radius 1 is 1.58 bits per heavy atom. The summed E-state index contributed by atoms with van der Waals surface area (Å²) < 4.78 is 0.554. The van der Waals surface area contributed by atoms with Crippen molar-refractivity contribution in [3.8, 4) is 0 Å². The highest BCUT2D eigenvalue weighted by atomic mass is 79.9. The highest BCUT2D eigenvalue weighted by molar-refractivity contribution is 9.10. The van der Waals surface area contributed by atoms with Crippen LogP contribution >= 0.6 is 27.5 Å². The molecule has 0 aromatic heterocycles. The Bertz CT molecular complexity index is 343. The summed E-state index contributed by atoms with van der Waals surface area (Å²) in [7, 11) is 0. The zero-order valence-electron chi connectivity index (χ0n) is 5.75. The smallest absolute Gasteiger partial charge is 0.290 e. The largest absolute Gasteiger partial charge is 0.398 e. The molecular formula is C6H4BrClN2O2. The molecule has 1 rings (SSSR count). The first-order valence-corrected chi connectivity index (χ1v) is 4.08. The van der Waals surface area contributed by atoms with Crippen molar-refractivity contribution in [1.82, 2.24) is 0 Å². The van der Waals surface area contributed by atoms with Crippen LogP contribution < -0.4 is 5.73 Å². The highest BCUT2D eigenvalue weighted by Gasteiger charge is 2.13. The number of anilines is 1. The Morgan fingerprint density at radius 2 is 2.17 bits per heavy atom. The van der Waals surface area contributed by atoms with Crippen molar-refractivity contribution in [1.29, 1.82) is 0 Å². The van der Waals surface area contributed by atoms with Crippen LogP contribution in [0, 0.1) is 10.1 Å². The fourth-order valence-corrected chi connectivity index (χ4v) is 1.40. The van der Waals surface area contributed by atoms with E-state index < -0.39 is 4.92 Å². The molecule has 6 heteroatoms. The maximum absolute atomic E-state index is 10.3. The number of rotatable bonds is 1. The zero-order valence-corrected chi connectivity index (χ0v) is 8.09. The third-order valence-corrected chi connectivity index (χ3v) is 2.25. The summed E-state index contributed by atoms with van der Waals surface area (Å²) in [6.07, 6.45) is 0. The summed E-state index contributed by atoms with van der Waals surface area (Å²) in [6, 6.07) is 2.61. The summed E-state index contributed by atoms with van der Waals surface area (Å²) in [5.41, 5.74) is 5.53. The predicted molar refractivity (Wildman–Crippen MR) is 50.2 cm³/mol. The maximum atomic E-state index is 10.3. The first kappa shape index (κ1) is 9.28. The van der Waals surface area contributed by atoms with Gasteiger partial charge in [-0.15, -0.1) is 0 Å². The van der Waals surface area contributed by atoms with E-state index in [1.807, 2.05) is 0 Å². The first-order valence-electron chi connectivity index (χ1n) is 2.91. The van der Waals surface area contributed by atoms with Crippen molar-refractivity contribution in [2.24, 2.45) is 0 Å². The average molecular weight is 251 g/mol. The average Bonchev–Trinajstić information content (AvgIpc) is 1.96. The predicted octanol–water partition coefficient (Wildman–Crippen LogP) is 2.59. The lowest BCUT2D eigenvalue weighted by atomic mass is 10.3. The zero-order chi connectivity index (χ0) is 9.30. The van der Waals surface area contributed by atoms with Crippen molar-refractivity contribution in [2.75, 3.05) is 5.73 Å². The van der Waals surface area contributed by atoms with E-state index in [1.165, 1.54) is 12.1 Å². The molecular weight excluding hydrogens is 247 g/mol. The Kier molecular flexibility index (Phi) is 2.54. The van der Waals surface area contributed by atoms with Crippen molar-refractivity contribution in [3.63, 3.8) is 0 Å². The van der Waals surface area contributed by atoms with E-state index >= 15 is 0 Å². The number of nitrogens with two attached hydrogens (primary N) is 1. The van der Waals surface area contributed by atoms with Crippen LogP contribution in [0.1, 0.15) is 0 Å². The first-order chi connectivity index (χ1) is 5.52. The van der Waals surface area contributed by atoms with Gasteiger partial charge in [0.05, 0.1) is 10.6 Å². The third kappa shape index (κ3) is 1.67. The van der Waals surface area contributed by atoms with E-state index in [-0.39, 0.29) is 10.7 Å². The van der Waals surface area contributed by atoms with E-state index in [1.54, 1.807) is 0 Å². The molecule has 4 nitrogen and oxygen atoms in total. The van der Waals surface area contributed by atoms with Gasteiger partial charge in [0.15, 0.2) is 0 Å². The minimum absolute atomic E-state index is 0.0704. The van der Waals surface area contributed by atoms with Gasteiger partial charge in [-0.05, 0) is 22.0 Å². The second kappa shape index (κ2) is 3.28. The number of nitrogens with zero attached hydrogens (tertiary/aromatic N) is 1. The molecule has 0 fully saturated rings. The van der Waals surface area contributed by atoms with Gasteiger partial charge in [-0.1, -0.05) is 11.6 Å². The normalized spacial score (nSPS) is 9.83. The molecule has 12 heavy (non-hydrogen) atoms. The van der Waals surface area contributed by atoms with E-state index in [4.69, 9.17) is 17.3 Å². The Labute approximate surface area is 81.6 Å². The van der Waals surface area contributed by atoms with Gasteiger partial charge in [0, 0.05) is 10.5 Å². The van der Waals surface area contributed by atoms with Crippen LogP contribution in [0.5, 0.6) is 0 Å². The third-order valence-electron chi connectivity index (χ3n) is 1.26. The van der Waals surface area contributed by atoms with Gasteiger partial charge in [0.1, 0.15) is 5.02 Å². The number of hydrogen-bond donors (Lipinski definition) is 1. The van der Waals surface area contributed by atoms with Crippen LogP contribution in [-0.2, 0) is 0 Å². The van der Waals surface area contributed by atoms with Crippen LogP contribution in [0.2, 0.25) is 5.02 Å². The Hall–Kier alpha value is -0.810. The van der Waals surface area contributed by atoms with E-state index in [9.17, 15) is 10.1 Å². The van der Waals surface area contributed by atoms with Crippen LogP contribution in [0.25, 0.3) is 0 Å². The van der Waals surface area contributed by atoms with Crippen LogP contribution in [0.3, 0.4) is 0 Å². The van der Waals surface area contributed by atoms with Gasteiger partial charge in [-0.25, -0.2) is 0 Å². The van der Waals surface area contributed by atoms with Gasteiger partial charge in [0.25, 0.3) is 5.69 Å². The van der Waals surface area contributed by atoms with Crippen LogP contribution in [0.4, 0.5) is 11.4 Å². The molecule has 0 saturated carbocycles. The van der Waals surface area contributed by atoms with Gasteiger partial charge in [0.2, 0.25) is 0 Å². The van der Waals surface area contributed by atoms with Gasteiger partial charge >= 0.3 is 0 Å². The summed E-state index contributed by atoms with van der Waals surface area (Å²) in [5.74, 6) is 0. The quantitative estimate of drug-likeness (QED) is 0.474. The molecule has 0 radical (unpaired) electrons. The van der Waals surface area contributed by atoms with Crippen LogP contribution in [-0.4, -0.2) is 4.92 Å². The molecule has 0 aliphatic rings. The molecule has 0 aliphatic heterocycles. The second-order valence-electron chi connectivity index (χ2n) is 2.08. The lowest BCUT2D eigenvalue weighted by molar-refractivity contribution is -0.384. The van der Waals surface area contributed by atoms with Crippen molar-refractivity contribution in [3.05, 3.63) is 31.7 Å². The molecule has 2 N–H and O–H groups in total. The molecule has 0 unspecified atom stereocenters. The van der Waals surface area contributed by atoms with Crippen molar-refractivity contribution < 1.29 is 4.92 Å². The monoisotopic (exact) mass is 250 g/mol. The minimum atomic E-state index is -0.578. The number of hydrogen-bond acceptors (Lipinski definition) is 3. The number of nitro groups is 1. The van der Waals surface area contributed by atoms with E-state index in [0.29, 0.717) is 10.2 Å². The lowest BCUT2D eigenvalue weighted by Gasteiger charge is -1.99.